The molecular weight excluding hydrogens is 214 g/mol. The van der Waals surface area contributed by atoms with E-state index in [2.05, 4.69) is 34.6 Å². The Morgan fingerprint density at radius 1 is 1.41 bits per heavy atom. The Morgan fingerprint density at radius 2 is 2.29 bits per heavy atom. The van der Waals surface area contributed by atoms with Crippen LogP contribution in [-0.2, 0) is 6.54 Å². The summed E-state index contributed by atoms with van der Waals surface area (Å²) in [5.74, 6) is 0. The Balaban J connectivity index is 1.95. The van der Waals surface area contributed by atoms with Crippen LogP contribution in [0.3, 0.4) is 0 Å². The highest BCUT2D eigenvalue weighted by atomic mass is 15.2. The van der Waals surface area contributed by atoms with Gasteiger partial charge in [-0.2, -0.15) is 5.10 Å². The van der Waals surface area contributed by atoms with Gasteiger partial charge in [0.05, 0.1) is 17.9 Å². The maximum Gasteiger partial charge on any atom is 0.0889 e. The molecule has 2 rings (SSSR count). The molecule has 2 aromatic rings. The van der Waals surface area contributed by atoms with Gasteiger partial charge in [-0.15, -0.1) is 0 Å². The molecule has 2 heterocycles. The molecule has 2 aromatic heterocycles. The largest absolute Gasteiger partial charge is 0.315 e. The summed E-state index contributed by atoms with van der Waals surface area (Å²) in [4.78, 5) is 4.12. The van der Waals surface area contributed by atoms with Gasteiger partial charge in [-0.05, 0) is 13.5 Å². The van der Waals surface area contributed by atoms with Crippen LogP contribution in [0.25, 0.3) is 5.52 Å². The molecule has 0 aliphatic rings. The quantitative estimate of drug-likeness (QED) is 0.775. The zero-order chi connectivity index (χ0) is 12.1. The van der Waals surface area contributed by atoms with Gasteiger partial charge in [-0.1, -0.05) is 6.92 Å². The van der Waals surface area contributed by atoms with E-state index in [1.165, 1.54) is 5.56 Å². The van der Waals surface area contributed by atoms with Crippen molar-refractivity contribution in [3.63, 3.8) is 0 Å². The molecule has 0 aliphatic heterocycles. The SMILES string of the molecule is CCNCC(C)NCc1cnn2ccncc12. The second-order valence-corrected chi connectivity index (χ2v) is 4.17. The second kappa shape index (κ2) is 5.75. The molecule has 0 saturated heterocycles. The summed E-state index contributed by atoms with van der Waals surface area (Å²) < 4.78 is 1.85. The van der Waals surface area contributed by atoms with Crippen LogP contribution in [0.4, 0.5) is 0 Å². The Bertz CT molecular complexity index is 465. The fourth-order valence-corrected chi connectivity index (χ4v) is 1.74. The summed E-state index contributed by atoms with van der Waals surface area (Å²) in [7, 11) is 0. The molecule has 17 heavy (non-hydrogen) atoms. The fourth-order valence-electron chi connectivity index (χ4n) is 1.74. The second-order valence-electron chi connectivity index (χ2n) is 4.17. The van der Waals surface area contributed by atoms with Crippen LogP contribution >= 0.6 is 0 Å². The summed E-state index contributed by atoms with van der Waals surface area (Å²) in [6, 6.07) is 0.446. The predicted octanol–water partition coefficient (Wildman–Crippen LogP) is 0.817. The van der Waals surface area contributed by atoms with Gasteiger partial charge < -0.3 is 10.6 Å². The zero-order valence-corrected chi connectivity index (χ0v) is 10.3. The van der Waals surface area contributed by atoms with Gasteiger partial charge in [0, 0.05) is 37.1 Å². The van der Waals surface area contributed by atoms with Crippen molar-refractivity contribution in [1.82, 2.24) is 25.2 Å². The maximum atomic E-state index is 4.28. The van der Waals surface area contributed by atoms with E-state index in [0.29, 0.717) is 6.04 Å². The Hall–Kier alpha value is -1.46. The van der Waals surface area contributed by atoms with E-state index in [4.69, 9.17) is 0 Å². The molecule has 1 atom stereocenters. The lowest BCUT2D eigenvalue weighted by Gasteiger charge is -2.13. The van der Waals surface area contributed by atoms with E-state index < -0.39 is 0 Å². The smallest absolute Gasteiger partial charge is 0.0889 e. The molecule has 92 valence electrons. The van der Waals surface area contributed by atoms with Gasteiger partial charge in [-0.3, -0.25) is 4.98 Å². The molecule has 0 spiro atoms. The van der Waals surface area contributed by atoms with Crippen molar-refractivity contribution in [3.8, 4) is 0 Å². The number of likely N-dealkylation sites (N-methyl/N-ethyl adjacent to an activating group) is 1. The lowest BCUT2D eigenvalue weighted by atomic mass is 10.2. The zero-order valence-electron chi connectivity index (χ0n) is 10.3. The Labute approximate surface area is 101 Å². The molecular formula is C12H19N5. The number of hydrogen-bond donors (Lipinski definition) is 2. The Morgan fingerprint density at radius 3 is 3.12 bits per heavy atom. The normalized spacial score (nSPS) is 13.1. The van der Waals surface area contributed by atoms with E-state index in [-0.39, 0.29) is 0 Å². The average Bonchev–Trinajstić information content (AvgIpc) is 2.77. The highest BCUT2D eigenvalue weighted by Gasteiger charge is 2.05. The van der Waals surface area contributed by atoms with Crippen LogP contribution in [0, 0.1) is 0 Å². The minimum absolute atomic E-state index is 0.446. The molecule has 1 unspecified atom stereocenters. The first-order valence-corrected chi connectivity index (χ1v) is 6.01. The molecule has 0 amide bonds. The minimum Gasteiger partial charge on any atom is -0.315 e. The topological polar surface area (TPSA) is 54.2 Å². The van der Waals surface area contributed by atoms with Crippen molar-refractivity contribution >= 4 is 5.52 Å². The first kappa shape index (κ1) is 12.0. The number of fused-ring (bicyclic) bond motifs is 1. The van der Waals surface area contributed by atoms with Crippen LogP contribution in [0.1, 0.15) is 19.4 Å². The third-order valence-electron chi connectivity index (χ3n) is 2.75. The van der Waals surface area contributed by atoms with Crippen molar-refractivity contribution in [2.75, 3.05) is 13.1 Å². The van der Waals surface area contributed by atoms with Crippen LogP contribution in [0.2, 0.25) is 0 Å². The number of rotatable bonds is 6. The summed E-state index contributed by atoms with van der Waals surface area (Å²) in [6.45, 7) is 7.10. The van der Waals surface area contributed by atoms with Gasteiger partial charge >= 0.3 is 0 Å². The summed E-state index contributed by atoms with van der Waals surface area (Å²) in [5, 5.41) is 11.1. The minimum atomic E-state index is 0.446. The third kappa shape index (κ3) is 3.01. The van der Waals surface area contributed by atoms with E-state index >= 15 is 0 Å². The lowest BCUT2D eigenvalue weighted by Crippen LogP contribution is -2.35. The van der Waals surface area contributed by atoms with Crippen molar-refractivity contribution in [2.24, 2.45) is 0 Å². The highest BCUT2D eigenvalue weighted by Crippen LogP contribution is 2.08. The van der Waals surface area contributed by atoms with Crippen LogP contribution < -0.4 is 10.6 Å². The van der Waals surface area contributed by atoms with Gasteiger partial charge in [-0.25, -0.2) is 4.52 Å². The number of aromatic nitrogens is 3. The van der Waals surface area contributed by atoms with Crippen LogP contribution in [-0.4, -0.2) is 33.7 Å². The standard InChI is InChI=1S/C12H19N5/c1-3-13-6-10(2)15-7-11-8-16-17-5-4-14-9-12(11)17/h4-5,8-10,13,15H,3,6-7H2,1-2H3. The van der Waals surface area contributed by atoms with E-state index in [1.807, 2.05) is 23.1 Å². The van der Waals surface area contributed by atoms with Crippen molar-refractivity contribution in [2.45, 2.75) is 26.4 Å². The van der Waals surface area contributed by atoms with Crippen LogP contribution in [0.5, 0.6) is 0 Å². The van der Waals surface area contributed by atoms with Gasteiger partial charge in [0.25, 0.3) is 0 Å². The molecule has 0 fully saturated rings. The molecule has 5 heteroatoms. The van der Waals surface area contributed by atoms with Gasteiger partial charge in [0.15, 0.2) is 0 Å². The molecule has 0 saturated carbocycles. The number of nitrogens with zero attached hydrogens (tertiary/aromatic N) is 3. The molecule has 0 aliphatic carbocycles. The first-order valence-electron chi connectivity index (χ1n) is 6.01. The van der Waals surface area contributed by atoms with E-state index in [1.54, 1.807) is 6.20 Å². The summed E-state index contributed by atoms with van der Waals surface area (Å²) in [5.41, 5.74) is 2.25. The molecule has 0 radical (unpaired) electrons. The Kier molecular flexibility index (Phi) is 4.06. The molecule has 5 nitrogen and oxygen atoms in total. The maximum absolute atomic E-state index is 4.28. The van der Waals surface area contributed by atoms with Crippen molar-refractivity contribution < 1.29 is 0 Å². The van der Waals surface area contributed by atoms with Crippen molar-refractivity contribution in [1.29, 1.82) is 0 Å². The van der Waals surface area contributed by atoms with E-state index in [9.17, 15) is 0 Å². The summed E-state index contributed by atoms with van der Waals surface area (Å²) in [6.07, 6.45) is 7.34. The van der Waals surface area contributed by atoms with Gasteiger partial charge in [0.2, 0.25) is 0 Å². The third-order valence-corrected chi connectivity index (χ3v) is 2.75. The van der Waals surface area contributed by atoms with Gasteiger partial charge in [0.1, 0.15) is 0 Å². The monoisotopic (exact) mass is 233 g/mol. The molecule has 0 aromatic carbocycles. The first-order chi connectivity index (χ1) is 8.31. The number of hydrogen-bond acceptors (Lipinski definition) is 4. The molecule has 0 bridgehead atoms. The molecule has 2 N–H and O–H groups in total. The number of nitrogens with one attached hydrogen (secondary N) is 2. The highest BCUT2D eigenvalue weighted by molar-refractivity contribution is 5.51. The predicted molar refractivity (Wildman–Crippen MR) is 67.8 cm³/mol. The summed E-state index contributed by atoms with van der Waals surface area (Å²) >= 11 is 0. The fraction of sp³-hybridized carbons (Fsp3) is 0.500. The average molecular weight is 233 g/mol. The van der Waals surface area contributed by atoms with E-state index in [0.717, 1.165) is 25.2 Å². The van der Waals surface area contributed by atoms with Crippen LogP contribution in [0.15, 0.2) is 24.8 Å². The van der Waals surface area contributed by atoms with Crippen molar-refractivity contribution in [3.05, 3.63) is 30.4 Å². The lowest BCUT2D eigenvalue weighted by molar-refractivity contribution is 0.510.